The Kier molecular flexibility index (Phi) is 4.54. The number of rotatable bonds is 5. The third-order valence-electron chi connectivity index (χ3n) is 2.72. The van der Waals surface area contributed by atoms with Crippen LogP contribution in [0.5, 0.6) is 0 Å². The van der Waals surface area contributed by atoms with Gasteiger partial charge in [0, 0.05) is 0 Å². The molecule has 0 bridgehead atoms. The summed E-state index contributed by atoms with van der Waals surface area (Å²) < 4.78 is 31.0. The first-order valence-electron chi connectivity index (χ1n) is 6.07. The quantitative estimate of drug-likeness (QED) is 0.441. The van der Waals surface area contributed by atoms with Gasteiger partial charge in [-0.1, -0.05) is 30.3 Å². The molecule has 2 aromatic rings. The van der Waals surface area contributed by atoms with Gasteiger partial charge in [-0.15, -0.1) is 0 Å². The summed E-state index contributed by atoms with van der Waals surface area (Å²) in [5.74, 6) is -1.34. The van der Waals surface area contributed by atoms with Crippen molar-refractivity contribution in [2.45, 2.75) is 4.90 Å². The van der Waals surface area contributed by atoms with Gasteiger partial charge in [0.25, 0.3) is 10.1 Å². The lowest BCUT2D eigenvalue weighted by molar-refractivity contribution is 0.0697. The molecule has 0 saturated carbocycles. The molecule has 0 spiro atoms. The summed E-state index contributed by atoms with van der Waals surface area (Å²) >= 11 is 0. The standard InChI is InChI=1S/C14H12N2O5S/c17-14(18)12-8-11(22(19,20)21)6-7-13(12)16-15-9-10-4-2-1-3-5-10/h1-9,16H,(H,17,18)(H,19,20,21)/b15-9+. The number of nitrogens with one attached hydrogen (secondary N) is 1. The molecule has 0 fully saturated rings. The second kappa shape index (κ2) is 6.37. The summed E-state index contributed by atoms with van der Waals surface area (Å²) in [4.78, 5) is 10.7. The first-order chi connectivity index (χ1) is 10.4. The van der Waals surface area contributed by atoms with Crippen LogP contribution < -0.4 is 5.43 Å². The van der Waals surface area contributed by atoms with E-state index >= 15 is 0 Å². The van der Waals surface area contributed by atoms with Crippen molar-refractivity contribution < 1.29 is 22.9 Å². The molecule has 114 valence electrons. The topological polar surface area (TPSA) is 116 Å². The molecule has 0 amide bonds. The van der Waals surface area contributed by atoms with E-state index in [0.29, 0.717) is 0 Å². The molecule has 8 heteroatoms. The van der Waals surface area contributed by atoms with Gasteiger partial charge in [0.1, 0.15) is 0 Å². The molecule has 0 aliphatic rings. The van der Waals surface area contributed by atoms with Crippen molar-refractivity contribution in [1.82, 2.24) is 0 Å². The lowest BCUT2D eigenvalue weighted by atomic mass is 10.2. The number of carboxylic acid groups (broad SMARTS) is 1. The Hall–Kier alpha value is -2.71. The van der Waals surface area contributed by atoms with Gasteiger partial charge in [-0.3, -0.25) is 9.98 Å². The maximum absolute atomic E-state index is 11.2. The number of anilines is 1. The van der Waals surface area contributed by atoms with E-state index in [-0.39, 0.29) is 11.3 Å². The molecule has 7 nitrogen and oxygen atoms in total. The largest absolute Gasteiger partial charge is 0.478 e. The SMILES string of the molecule is O=C(O)c1cc(S(=O)(=O)O)ccc1N/N=C/c1ccccc1. The molecular weight excluding hydrogens is 308 g/mol. The van der Waals surface area contributed by atoms with E-state index in [1.165, 1.54) is 12.3 Å². The number of hydrogen-bond donors (Lipinski definition) is 3. The monoisotopic (exact) mass is 320 g/mol. The fourth-order valence-electron chi connectivity index (χ4n) is 1.67. The van der Waals surface area contributed by atoms with Crippen LogP contribution in [0.1, 0.15) is 15.9 Å². The highest BCUT2D eigenvalue weighted by Crippen LogP contribution is 2.20. The molecule has 3 N–H and O–H groups in total. The van der Waals surface area contributed by atoms with E-state index in [1.807, 2.05) is 30.3 Å². The Morgan fingerprint density at radius 3 is 2.41 bits per heavy atom. The predicted octanol–water partition coefficient (Wildman–Crippen LogP) is 2.08. The maximum atomic E-state index is 11.2. The van der Waals surface area contributed by atoms with E-state index in [0.717, 1.165) is 17.7 Å². The Bertz CT molecular complexity index is 816. The molecule has 2 aromatic carbocycles. The van der Waals surface area contributed by atoms with Crippen molar-refractivity contribution in [2.24, 2.45) is 5.10 Å². The molecule has 22 heavy (non-hydrogen) atoms. The molecule has 0 saturated heterocycles. The summed E-state index contributed by atoms with van der Waals surface area (Å²) in [5.41, 5.74) is 3.13. The van der Waals surface area contributed by atoms with Crippen LogP contribution in [0.3, 0.4) is 0 Å². The van der Waals surface area contributed by atoms with E-state index in [1.54, 1.807) is 0 Å². The Labute approximate surface area is 126 Å². The van der Waals surface area contributed by atoms with E-state index in [2.05, 4.69) is 10.5 Å². The third-order valence-corrected chi connectivity index (χ3v) is 3.57. The van der Waals surface area contributed by atoms with Crippen molar-refractivity contribution >= 4 is 28.0 Å². The predicted molar refractivity (Wildman–Crippen MR) is 80.9 cm³/mol. The molecule has 0 aromatic heterocycles. The van der Waals surface area contributed by atoms with Crippen LogP contribution in [0.2, 0.25) is 0 Å². The van der Waals surface area contributed by atoms with Gasteiger partial charge in [-0.2, -0.15) is 13.5 Å². The first-order valence-corrected chi connectivity index (χ1v) is 7.51. The molecule has 0 aliphatic heterocycles. The van der Waals surface area contributed by atoms with Crippen molar-refractivity contribution in [1.29, 1.82) is 0 Å². The maximum Gasteiger partial charge on any atom is 0.337 e. The molecule has 0 atom stereocenters. The average molecular weight is 320 g/mol. The number of carboxylic acids is 1. The highest BCUT2D eigenvalue weighted by Gasteiger charge is 2.16. The van der Waals surface area contributed by atoms with Crippen molar-refractivity contribution in [2.75, 3.05) is 5.43 Å². The summed E-state index contributed by atoms with van der Waals surface area (Å²) in [7, 11) is -4.47. The van der Waals surface area contributed by atoms with Crippen LogP contribution >= 0.6 is 0 Å². The second-order valence-electron chi connectivity index (χ2n) is 4.27. The van der Waals surface area contributed by atoms with Crippen molar-refractivity contribution in [3.63, 3.8) is 0 Å². The Morgan fingerprint density at radius 1 is 1.14 bits per heavy atom. The number of hydrazone groups is 1. The zero-order chi connectivity index (χ0) is 16.2. The van der Waals surface area contributed by atoms with Crippen LogP contribution in [-0.2, 0) is 10.1 Å². The number of hydrogen-bond acceptors (Lipinski definition) is 5. The van der Waals surface area contributed by atoms with E-state index in [4.69, 9.17) is 9.66 Å². The minimum absolute atomic E-state index is 0.104. The van der Waals surface area contributed by atoms with Gasteiger partial charge < -0.3 is 5.11 Å². The van der Waals surface area contributed by atoms with Gasteiger partial charge in [0.05, 0.1) is 22.4 Å². The summed E-state index contributed by atoms with van der Waals surface area (Å²) in [5, 5.41) is 13.0. The van der Waals surface area contributed by atoms with Crippen LogP contribution in [0.15, 0.2) is 58.5 Å². The molecule has 0 aliphatic carbocycles. The summed E-state index contributed by atoms with van der Waals surface area (Å²) in [6.07, 6.45) is 1.49. The van der Waals surface area contributed by atoms with Gasteiger partial charge >= 0.3 is 5.97 Å². The Morgan fingerprint density at radius 2 is 1.82 bits per heavy atom. The number of aromatic carboxylic acids is 1. The fraction of sp³-hybridized carbons (Fsp3) is 0. The van der Waals surface area contributed by atoms with Crippen molar-refractivity contribution in [3.8, 4) is 0 Å². The minimum Gasteiger partial charge on any atom is -0.478 e. The van der Waals surface area contributed by atoms with Gasteiger partial charge in [0.15, 0.2) is 0 Å². The molecular formula is C14H12N2O5S. The molecule has 0 radical (unpaired) electrons. The molecule has 0 unspecified atom stereocenters. The first kappa shape index (κ1) is 15.7. The number of benzene rings is 2. The van der Waals surface area contributed by atoms with Crippen LogP contribution in [0.4, 0.5) is 5.69 Å². The summed E-state index contributed by atoms with van der Waals surface area (Å²) in [6, 6.07) is 12.3. The van der Waals surface area contributed by atoms with Crippen LogP contribution in [0, 0.1) is 0 Å². The number of nitrogens with zero attached hydrogens (tertiary/aromatic N) is 1. The highest BCUT2D eigenvalue weighted by molar-refractivity contribution is 7.85. The van der Waals surface area contributed by atoms with Gasteiger partial charge in [-0.25, -0.2) is 4.79 Å². The van der Waals surface area contributed by atoms with E-state index < -0.39 is 21.0 Å². The fourth-order valence-corrected chi connectivity index (χ4v) is 2.18. The second-order valence-corrected chi connectivity index (χ2v) is 5.69. The average Bonchev–Trinajstić information content (AvgIpc) is 2.47. The number of carbonyl (C=O) groups is 1. The lowest BCUT2D eigenvalue weighted by Crippen LogP contribution is -2.06. The highest BCUT2D eigenvalue weighted by atomic mass is 32.2. The van der Waals surface area contributed by atoms with E-state index in [9.17, 15) is 13.2 Å². The van der Waals surface area contributed by atoms with Crippen molar-refractivity contribution in [3.05, 3.63) is 59.7 Å². The van der Waals surface area contributed by atoms with Gasteiger partial charge in [-0.05, 0) is 23.8 Å². The Balaban J connectivity index is 2.28. The summed E-state index contributed by atoms with van der Waals surface area (Å²) in [6.45, 7) is 0. The minimum atomic E-state index is -4.47. The molecule has 2 rings (SSSR count). The lowest BCUT2D eigenvalue weighted by Gasteiger charge is -2.06. The zero-order valence-corrected chi connectivity index (χ0v) is 12.0. The van der Waals surface area contributed by atoms with Gasteiger partial charge in [0.2, 0.25) is 0 Å². The third kappa shape index (κ3) is 3.90. The normalized spacial score (nSPS) is 11.5. The smallest absolute Gasteiger partial charge is 0.337 e. The molecule has 0 heterocycles. The van der Waals surface area contributed by atoms with Crippen LogP contribution in [0.25, 0.3) is 0 Å². The zero-order valence-electron chi connectivity index (χ0n) is 11.2. The van der Waals surface area contributed by atoms with Crippen LogP contribution in [-0.4, -0.2) is 30.3 Å².